The minimum Gasteiger partial charge on any atom is -0.462 e. The van der Waals surface area contributed by atoms with Crippen molar-refractivity contribution >= 4 is 26.7 Å². The van der Waals surface area contributed by atoms with Gasteiger partial charge in [0.1, 0.15) is 0 Å². The maximum absolute atomic E-state index is 11.0. The fourth-order valence-electron chi connectivity index (χ4n) is 1.05. The minimum atomic E-state index is -3.97. The molecule has 0 bridgehead atoms. The summed E-state index contributed by atoms with van der Waals surface area (Å²) in [5, 5.41) is 0. The monoisotopic (exact) mass is 298 g/mol. The normalized spacial score (nSPS) is 13.9. The molecule has 1 atom stereocenters. The number of esters is 1. The van der Waals surface area contributed by atoms with Gasteiger partial charge in [0.2, 0.25) is 0 Å². The minimum absolute atomic E-state index is 0.125. The van der Waals surface area contributed by atoms with Crippen LogP contribution in [-0.4, -0.2) is 24.1 Å². The van der Waals surface area contributed by atoms with Crippen LogP contribution in [0, 0.1) is 0 Å². The fourth-order valence-corrected chi connectivity index (χ4v) is 1.60. The van der Waals surface area contributed by atoms with Crippen LogP contribution in [0.2, 0.25) is 0 Å². The highest BCUT2D eigenvalue weighted by atomic mass is 32.1. The molecular formula is C10H19O6PS. The third-order valence-electron chi connectivity index (χ3n) is 1.98. The maximum atomic E-state index is 11.0. The maximum Gasteiger partial charge on any atom is 0.483 e. The van der Waals surface area contributed by atoms with E-state index in [2.05, 4.69) is 28.0 Å². The van der Waals surface area contributed by atoms with Crippen LogP contribution < -0.4 is 0 Å². The third-order valence-corrected chi connectivity index (χ3v) is 3.31. The van der Waals surface area contributed by atoms with Gasteiger partial charge in [-0.1, -0.05) is 13.0 Å². The second-order valence-corrected chi connectivity index (χ2v) is 5.56. The lowest BCUT2D eigenvalue weighted by molar-refractivity contribution is -0.139. The van der Waals surface area contributed by atoms with E-state index < -0.39 is 7.82 Å². The van der Waals surface area contributed by atoms with Gasteiger partial charge < -0.3 is 9.63 Å². The van der Waals surface area contributed by atoms with Crippen molar-refractivity contribution in [1.82, 2.24) is 0 Å². The van der Waals surface area contributed by atoms with Crippen molar-refractivity contribution in [2.75, 3.05) is 13.2 Å². The molecule has 0 aliphatic heterocycles. The molecule has 0 rings (SSSR count). The average Bonchev–Trinajstić information content (AvgIpc) is 2.32. The molecule has 8 heteroatoms. The number of carbonyl (C=O) groups is 1. The molecule has 6 nitrogen and oxygen atoms in total. The molecule has 0 saturated carbocycles. The highest BCUT2D eigenvalue weighted by molar-refractivity contribution is 7.80. The Balaban J connectivity index is 3.34. The Morgan fingerprint density at radius 2 is 1.83 bits per heavy atom. The van der Waals surface area contributed by atoms with Crippen LogP contribution in [0.25, 0.3) is 0 Å². The van der Waals surface area contributed by atoms with Gasteiger partial charge in [-0.05, 0) is 39.1 Å². The van der Waals surface area contributed by atoms with Crippen LogP contribution in [0.15, 0.2) is 12.2 Å². The number of hydrogen-bond acceptors (Lipinski definition) is 6. The van der Waals surface area contributed by atoms with E-state index in [4.69, 9.17) is 9.63 Å². The molecule has 0 saturated heterocycles. The molecule has 0 fully saturated rings. The lowest BCUT2D eigenvalue weighted by Crippen LogP contribution is -2.06. The first kappa shape index (κ1) is 17.7. The van der Waals surface area contributed by atoms with Gasteiger partial charge in [0.05, 0.1) is 13.2 Å². The number of hydrogen-bond donors (Lipinski definition) is 2. The Labute approximate surface area is 113 Å². The Morgan fingerprint density at radius 3 is 2.33 bits per heavy atom. The second kappa shape index (κ2) is 9.58. The van der Waals surface area contributed by atoms with E-state index in [1.807, 2.05) is 0 Å². The van der Waals surface area contributed by atoms with Gasteiger partial charge >= 0.3 is 13.8 Å². The quantitative estimate of drug-likeness (QED) is 0.161. The van der Waals surface area contributed by atoms with Crippen molar-refractivity contribution < 1.29 is 27.5 Å². The number of carbonyl (C=O) groups excluding carboxylic acids is 1. The van der Waals surface area contributed by atoms with E-state index in [0.29, 0.717) is 18.6 Å². The summed E-state index contributed by atoms with van der Waals surface area (Å²) in [5.74, 6) is -0.384. The zero-order valence-electron chi connectivity index (χ0n) is 10.3. The molecule has 0 amide bonds. The summed E-state index contributed by atoms with van der Waals surface area (Å²) in [4.78, 5) is 19.8. The van der Waals surface area contributed by atoms with Crippen molar-refractivity contribution in [3.05, 3.63) is 12.2 Å². The number of rotatable bonds is 10. The topological polar surface area (TPSA) is 82.1 Å². The molecule has 1 unspecified atom stereocenters. The molecule has 0 aromatic rings. The van der Waals surface area contributed by atoms with E-state index in [9.17, 15) is 9.36 Å². The predicted octanol–water partition coefficient (Wildman–Crippen LogP) is 2.64. The number of phosphoric acid groups is 1. The largest absolute Gasteiger partial charge is 0.483 e. The Hall–Kier alpha value is -0.330. The smallest absolute Gasteiger partial charge is 0.462 e. The zero-order chi connectivity index (χ0) is 14.0. The van der Waals surface area contributed by atoms with Crippen molar-refractivity contribution in [2.24, 2.45) is 0 Å². The summed E-state index contributed by atoms with van der Waals surface area (Å²) >= 11 is 3.21. The van der Waals surface area contributed by atoms with Gasteiger partial charge in [-0.15, -0.1) is 0 Å². The highest BCUT2D eigenvalue weighted by Gasteiger charge is 2.18. The van der Waals surface area contributed by atoms with Gasteiger partial charge in [0.15, 0.2) is 0 Å². The van der Waals surface area contributed by atoms with E-state index >= 15 is 0 Å². The summed E-state index contributed by atoms with van der Waals surface area (Å²) in [6.45, 7) is 5.54. The standard InChI is InChI=1S/C10H19O6PS/c1-9(2)10(11)14-7-5-3-4-6-8-15-17(12,13)16-18/h18H,1,3-8H2,2H3,(H,12,13). The zero-order valence-corrected chi connectivity index (χ0v) is 12.1. The number of ether oxygens (including phenoxy) is 1. The molecule has 0 radical (unpaired) electrons. The Bertz CT molecular complexity index is 319. The van der Waals surface area contributed by atoms with Gasteiger partial charge in [-0.2, -0.15) is 0 Å². The van der Waals surface area contributed by atoms with Crippen LogP contribution in [0.5, 0.6) is 0 Å². The van der Waals surface area contributed by atoms with Gasteiger partial charge in [0.25, 0.3) is 0 Å². The van der Waals surface area contributed by atoms with Crippen LogP contribution in [-0.2, 0) is 22.6 Å². The Kier molecular flexibility index (Phi) is 9.40. The molecule has 0 spiro atoms. The van der Waals surface area contributed by atoms with E-state index in [1.54, 1.807) is 6.92 Å². The van der Waals surface area contributed by atoms with Crippen LogP contribution in [0.4, 0.5) is 0 Å². The molecular weight excluding hydrogens is 279 g/mol. The lowest BCUT2D eigenvalue weighted by Gasteiger charge is -2.07. The summed E-state index contributed by atoms with van der Waals surface area (Å²) in [6.07, 6.45) is 3.00. The van der Waals surface area contributed by atoms with Gasteiger partial charge in [0, 0.05) is 5.57 Å². The summed E-state index contributed by atoms with van der Waals surface area (Å²) in [5.41, 5.74) is 0.383. The molecule has 18 heavy (non-hydrogen) atoms. The molecule has 0 aliphatic rings. The van der Waals surface area contributed by atoms with Crippen LogP contribution in [0.1, 0.15) is 32.6 Å². The highest BCUT2D eigenvalue weighted by Crippen LogP contribution is 2.44. The number of phosphoric ester groups is 1. The van der Waals surface area contributed by atoms with E-state index in [1.165, 1.54) is 0 Å². The summed E-state index contributed by atoms with van der Waals surface area (Å²) < 4.78 is 24.2. The second-order valence-electron chi connectivity index (χ2n) is 3.71. The molecule has 1 N–H and O–H groups in total. The lowest BCUT2D eigenvalue weighted by atomic mass is 10.2. The number of unbranched alkanes of at least 4 members (excludes halogenated alkanes) is 3. The first-order valence-corrected chi connectivity index (χ1v) is 7.38. The van der Waals surface area contributed by atoms with Crippen LogP contribution >= 0.6 is 20.7 Å². The molecule has 0 heterocycles. The fraction of sp³-hybridized carbons (Fsp3) is 0.700. The summed E-state index contributed by atoms with van der Waals surface area (Å²) in [7, 11) is -3.97. The third kappa shape index (κ3) is 9.67. The average molecular weight is 298 g/mol. The SMILES string of the molecule is C=C(C)C(=O)OCCCCCCOP(=O)(O)OS. The predicted molar refractivity (Wildman–Crippen MR) is 70.1 cm³/mol. The molecule has 106 valence electrons. The first-order chi connectivity index (χ1) is 8.39. The van der Waals surface area contributed by atoms with Gasteiger partial charge in [-0.25, -0.2) is 13.3 Å². The molecule has 0 aromatic carbocycles. The van der Waals surface area contributed by atoms with E-state index in [0.717, 1.165) is 19.3 Å². The molecule has 0 aromatic heterocycles. The number of thiol groups is 1. The Morgan fingerprint density at radius 1 is 1.28 bits per heavy atom. The van der Waals surface area contributed by atoms with Crippen LogP contribution in [0.3, 0.4) is 0 Å². The first-order valence-electron chi connectivity index (χ1n) is 5.52. The summed E-state index contributed by atoms with van der Waals surface area (Å²) in [6, 6.07) is 0. The van der Waals surface area contributed by atoms with Crippen molar-refractivity contribution in [1.29, 1.82) is 0 Å². The van der Waals surface area contributed by atoms with E-state index in [-0.39, 0.29) is 12.6 Å². The van der Waals surface area contributed by atoms with Crippen molar-refractivity contribution in [2.45, 2.75) is 32.6 Å². The van der Waals surface area contributed by atoms with Crippen molar-refractivity contribution in [3.8, 4) is 0 Å². The molecule has 0 aliphatic carbocycles. The van der Waals surface area contributed by atoms with Gasteiger partial charge in [-0.3, -0.25) is 4.52 Å². The van der Waals surface area contributed by atoms with Crippen molar-refractivity contribution in [3.63, 3.8) is 0 Å².